The molecule has 0 bridgehead atoms. The van der Waals surface area contributed by atoms with Gasteiger partial charge in [0.1, 0.15) is 0 Å². The lowest BCUT2D eigenvalue weighted by atomic mass is 9.87. The van der Waals surface area contributed by atoms with E-state index in [0.29, 0.717) is 6.10 Å². The Labute approximate surface area is 113 Å². The standard InChI is InChI=1S/C15H21NOS/c16-15(8-10-17-14(15)12-6-7-12)9-11-18-13-4-2-1-3-5-13/h1-5,12,14H,6-11,16H2. The highest BCUT2D eigenvalue weighted by Crippen LogP contribution is 2.44. The molecule has 18 heavy (non-hydrogen) atoms. The van der Waals surface area contributed by atoms with Crippen LogP contribution in [0.5, 0.6) is 0 Å². The normalized spacial score (nSPS) is 31.7. The second-order valence-corrected chi connectivity index (χ2v) is 6.69. The molecule has 0 radical (unpaired) electrons. The second kappa shape index (κ2) is 5.24. The Bertz CT molecular complexity index is 393. The molecule has 1 saturated carbocycles. The molecule has 98 valence electrons. The van der Waals surface area contributed by atoms with Gasteiger partial charge in [0.25, 0.3) is 0 Å². The van der Waals surface area contributed by atoms with Crippen molar-refractivity contribution in [3.63, 3.8) is 0 Å². The van der Waals surface area contributed by atoms with E-state index >= 15 is 0 Å². The highest BCUT2D eigenvalue weighted by molar-refractivity contribution is 7.99. The van der Waals surface area contributed by atoms with Crippen molar-refractivity contribution in [2.45, 2.75) is 42.2 Å². The van der Waals surface area contributed by atoms with Crippen LogP contribution >= 0.6 is 11.8 Å². The van der Waals surface area contributed by atoms with Gasteiger partial charge in [0.15, 0.2) is 0 Å². The number of benzene rings is 1. The summed E-state index contributed by atoms with van der Waals surface area (Å²) in [6.45, 7) is 0.855. The smallest absolute Gasteiger partial charge is 0.0783 e. The fourth-order valence-corrected chi connectivity index (χ4v) is 3.90. The van der Waals surface area contributed by atoms with Gasteiger partial charge < -0.3 is 10.5 Å². The van der Waals surface area contributed by atoms with E-state index < -0.39 is 0 Å². The molecule has 0 aromatic heterocycles. The fourth-order valence-electron chi connectivity index (χ4n) is 2.83. The Morgan fingerprint density at radius 3 is 2.78 bits per heavy atom. The van der Waals surface area contributed by atoms with Gasteiger partial charge in [-0.15, -0.1) is 11.8 Å². The van der Waals surface area contributed by atoms with E-state index in [0.717, 1.165) is 31.1 Å². The van der Waals surface area contributed by atoms with Crippen LogP contribution in [0.25, 0.3) is 0 Å². The Hall–Kier alpha value is -0.510. The van der Waals surface area contributed by atoms with Crippen molar-refractivity contribution >= 4 is 11.8 Å². The first-order valence-corrected chi connectivity index (χ1v) is 7.85. The van der Waals surface area contributed by atoms with Gasteiger partial charge in [0.05, 0.1) is 6.10 Å². The van der Waals surface area contributed by atoms with Crippen molar-refractivity contribution in [2.24, 2.45) is 11.7 Å². The minimum absolute atomic E-state index is 0.0665. The van der Waals surface area contributed by atoms with Crippen molar-refractivity contribution in [3.8, 4) is 0 Å². The summed E-state index contributed by atoms with van der Waals surface area (Å²) in [4.78, 5) is 1.34. The van der Waals surface area contributed by atoms with Gasteiger partial charge in [-0.05, 0) is 49.5 Å². The van der Waals surface area contributed by atoms with Gasteiger partial charge in [-0.3, -0.25) is 0 Å². The molecule has 1 aliphatic carbocycles. The van der Waals surface area contributed by atoms with Crippen LogP contribution in [-0.4, -0.2) is 24.0 Å². The molecule has 1 aliphatic heterocycles. The lowest BCUT2D eigenvalue weighted by Crippen LogP contribution is -2.48. The van der Waals surface area contributed by atoms with E-state index in [1.807, 2.05) is 11.8 Å². The Balaban J connectivity index is 1.52. The molecule has 0 amide bonds. The minimum Gasteiger partial charge on any atom is -0.376 e. The monoisotopic (exact) mass is 263 g/mol. The zero-order valence-corrected chi connectivity index (χ0v) is 11.5. The van der Waals surface area contributed by atoms with Crippen LogP contribution in [0.3, 0.4) is 0 Å². The first kappa shape index (κ1) is 12.5. The molecule has 2 unspecified atom stereocenters. The number of hydrogen-bond acceptors (Lipinski definition) is 3. The van der Waals surface area contributed by atoms with Crippen LogP contribution in [0.1, 0.15) is 25.7 Å². The lowest BCUT2D eigenvalue weighted by Gasteiger charge is -2.30. The van der Waals surface area contributed by atoms with E-state index in [2.05, 4.69) is 30.3 Å². The van der Waals surface area contributed by atoms with Crippen molar-refractivity contribution in [1.29, 1.82) is 0 Å². The van der Waals surface area contributed by atoms with E-state index in [1.165, 1.54) is 17.7 Å². The van der Waals surface area contributed by atoms with E-state index in [4.69, 9.17) is 10.5 Å². The molecule has 0 spiro atoms. The van der Waals surface area contributed by atoms with Crippen LogP contribution in [0.4, 0.5) is 0 Å². The molecule has 2 N–H and O–H groups in total. The molecule has 1 aromatic rings. The number of ether oxygens (including phenoxy) is 1. The highest BCUT2D eigenvalue weighted by atomic mass is 32.2. The molecule has 1 saturated heterocycles. The zero-order chi connectivity index (χ0) is 12.4. The van der Waals surface area contributed by atoms with Crippen molar-refractivity contribution in [2.75, 3.05) is 12.4 Å². The first-order valence-electron chi connectivity index (χ1n) is 6.86. The summed E-state index contributed by atoms with van der Waals surface area (Å²) in [5.41, 5.74) is 6.50. The lowest BCUT2D eigenvalue weighted by molar-refractivity contribution is 0.0619. The minimum atomic E-state index is -0.0665. The summed E-state index contributed by atoms with van der Waals surface area (Å²) in [6, 6.07) is 10.6. The van der Waals surface area contributed by atoms with Gasteiger partial charge in [-0.25, -0.2) is 0 Å². The zero-order valence-electron chi connectivity index (χ0n) is 10.7. The highest BCUT2D eigenvalue weighted by Gasteiger charge is 2.48. The van der Waals surface area contributed by atoms with E-state index in [9.17, 15) is 0 Å². The average molecular weight is 263 g/mol. The third kappa shape index (κ3) is 2.73. The SMILES string of the molecule is NC1(CCSc2ccccc2)CCOC1C1CC1. The Kier molecular flexibility index (Phi) is 3.64. The van der Waals surface area contributed by atoms with Crippen LogP contribution in [0, 0.1) is 5.92 Å². The quantitative estimate of drug-likeness (QED) is 0.829. The van der Waals surface area contributed by atoms with Crippen molar-refractivity contribution in [1.82, 2.24) is 0 Å². The van der Waals surface area contributed by atoms with Crippen LogP contribution in [-0.2, 0) is 4.74 Å². The van der Waals surface area contributed by atoms with Crippen LogP contribution < -0.4 is 5.73 Å². The number of rotatable bonds is 5. The van der Waals surface area contributed by atoms with Crippen LogP contribution in [0.2, 0.25) is 0 Å². The third-order valence-electron chi connectivity index (χ3n) is 4.06. The summed E-state index contributed by atoms with van der Waals surface area (Å²) in [5.74, 6) is 1.84. The van der Waals surface area contributed by atoms with Gasteiger partial charge >= 0.3 is 0 Å². The molecule has 2 fully saturated rings. The number of nitrogens with two attached hydrogens (primary N) is 1. The van der Waals surface area contributed by atoms with Gasteiger partial charge in [0, 0.05) is 17.0 Å². The molecular weight excluding hydrogens is 242 g/mol. The predicted octanol–water partition coefficient (Wildman–Crippen LogP) is 3.07. The molecule has 3 rings (SSSR count). The molecule has 2 nitrogen and oxygen atoms in total. The first-order chi connectivity index (χ1) is 8.78. The van der Waals surface area contributed by atoms with Crippen molar-refractivity contribution in [3.05, 3.63) is 30.3 Å². The molecule has 1 aromatic carbocycles. The number of hydrogen-bond donors (Lipinski definition) is 1. The summed E-state index contributed by atoms with van der Waals surface area (Å²) in [5, 5.41) is 0. The van der Waals surface area contributed by atoms with Gasteiger partial charge in [-0.2, -0.15) is 0 Å². The molecule has 1 heterocycles. The van der Waals surface area contributed by atoms with Gasteiger partial charge in [0.2, 0.25) is 0 Å². The average Bonchev–Trinajstić information content (AvgIpc) is 3.15. The Morgan fingerprint density at radius 1 is 1.28 bits per heavy atom. The second-order valence-electron chi connectivity index (χ2n) is 5.52. The van der Waals surface area contributed by atoms with Gasteiger partial charge in [-0.1, -0.05) is 18.2 Å². The summed E-state index contributed by atoms with van der Waals surface area (Å²) in [6.07, 6.45) is 5.05. The maximum absolute atomic E-state index is 6.57. The van der Waals surface area contributed by atoms with E-state index in [1.54, 1.807) is 0 Å². The van der Waals surface area contributed by atoms with E-state index in [-0.39, 0.29) is 5.54 Å². The van der Waals surface area contributed by atoms with Crippen molar-refractivity contribution < 1.29 is 4.74 Å². The summed E-state index contributed by atoms with van der Waals surface area (Å²) in [7, 11) is 0. The summed E-state index contributed by atoms with van der Waals surface area (Å²) < 4.78 is 5.86. The molecule has 3 heteroatoms. The molecule has 2 aliphatic rings. The largest absolute Gasteiger partial charge is 0.376 e. The topological polar surface area (TPSA) is 35.2 Å². The maximum atomic E-state index is 6.57. The summed E-state index contributed by atoms with van der Waals surface area (Å²) >= 11 is 1.90. The van der Waals surface area contributed by atoms with Crippen LogP contribution in [0.15, 0.2) is 35.2 Å². The third-order valence-corrected chi connectivity index (χ3v) is 5.07. The predicted molar refractivity (Wildman–Crippen MR) is 75.8 cm³/mol. The Morgan fingerprint density at radius 2 is 2.06 bits per heavy atom. The molecule has 2 atom stereocenters. The molecular formula is C15H21NOS. The number of thioether (sulfide) groups is 1. The maximum Gasteiger partial charge on any atom is 0.0783 e. The fraction of sp³-hybridized carbons (Fsp3) is 0.600.